The summed E-state index contributed by atoms with van der Waals surface area (Å²) in [7, 11) is 0. The first kappa shape index (κ1) is 12.2. The van der Waals surface area contributed by atoms with Crippen molar-refractivity contribution in [1.29, 1.82) is 0 Å². The number of pyridine rings is 1. The van der Waals surface area contributed by atoms with Crippen molar-refractivity contribution < 1.29 is 5.11 Å². The van der Waals surface area contributed by atoms with E-state index in [1.54, 1.807) is 0 Å². The zero-order valence-corrected chi connectivity index (χ0v) is 11.0. The van der Waals surface area contributed by atoms with Crippen molar-refractivity contribution in [2.75, 3.05) is 18.0 Å². The lowest BCUT2D eigenvalue weighted by Crippen LogP contribution is -2.26. The Morgan fingerprint density at radius 3 is 2.95 bits per heavy atom. The highest BCUT2D eigenvalue weighted by Crippen LogP contribution is 2.25. The lowest BCUT2D eigenvalue weighted by molar-refractivity contribution is 0.136. The zero-order valence-electron chi connectivity index (χ0n) is 11.0. The molecule has 1 aromatic heterocycles. The molecular formula is C15H18N2O2. The van der Waals surface area contributed by atoms with Crippen LogP contribution in [0.25, 0.3) is 10.8 Å². The SMILES string of the molecule is CC(O)C1CCN(c2cc3ccccc3c(=O)[nH]2)C1. The first-order valence-electron chi connectivity index (χ1n) is 6.70. The molecule has 4 heteroatoms. The van der Waals surface area contributed by atoms with Gasteiger partial charge in [-0.1, -0.05) is 18.2 Å². The highest BCUT2D eigenvalue weighted by Gasteiger charge is 2.26. The third kappa shape index (κ3) is 2.24. The van der Waals surface area contributed by atoms with E-state index in [2.05, 4.69) is 9.88 Å². The van der Waals surface area contributed by atoms with Crippen LogP contribution in [-0.4, -0.2) is 29.3 Å². The lowest BCUT2D eigenvalue weighted by Gasteiger charge is -2.19. The second-order valence-electron chi connectivity index (χ2n) is 5.31. The summed E-state index contributed by atoms with van der Waals surface area (Å²) in [6, 6.07) is 9.61. The van der Waals surface area contributed by atoms with Crippen LogP contribution >= 0.6 is 0 Å². The van der Waals surface area contributed by atoms with Crippen LogP contribution in [0, 0.1) is 5.92 Å². The molecule has 2 atom stereocenters. The number of anilines is 1. The standard InChI is InChI=1S/C15H18N2O2/c1-10(18)12-6-7-17(9-12)14-8-11-4-2-3-5-13(11)15(19)16-14/h2-5,8,10,12,18H,6-7,9H2,1H3,(H,16,19). The Bertz CT molecular complexity index is 648. The van der Waals surface area contributed by atoms with Crippen LogP contribution in [-0.2, 0) is 0 Å². The van der Waals surface area contributed by atoms with Crippen LogP contribution in [0.1, 0.15) is 13.3 Å². The van der Waals surface area contributed by atoms with E-state index in [4.69, 9.17) is 0 Å². The van der Waals surface area contributed by atoms with Gasteiger partial charge in [0.05, 0.1) is 6.10 Å². The Balaban J connectivity index is 1.96. The van der Waals surface area contributed by atoms with Gasteiger partial charge in [-0.3, -0.25) is 4.79 Å². The van der Waals surface area contributed by atoms with Gasteiger partial charge in [0.15, 0.2) is 0 Å². The molecule has 0 amide bonds. The van der Waals surface area contributed by atoms with Crippen molar-refractivity contribution >= 4 is 16.6 Å². The van der Waals surface area contributed by atoms with Gasteiger partial charge in [-0.2, -0.15) is 0 Å². The van der Waals surface area contributed by atoms with Crippen LogP contribution in [0.5, 0.6) is 0 Å². The molecule has 3 rings (SSSR count). The van der Waals surface area contributed by atoms with Crippen LogP contribution in [0.15, 0.2) is 35.1 Å². The Kier molecular flexibility index (Phi) is 3.03. The average molecular weight is 258 g/mol. The second-order valence-corrected chi connectivity index (χ2v) is 5.31. The predicted molar refractivity (Wildman–Crippen MR) is 76.6 cm³/mol. The van der Waals surface area contributed by atoms with E-state index >= 15 is 0 Å². The fourth-order valence-electron chi connectivity index (χ4n) is 2.77. The number of aliphatic hydroxyl groups excluding tert-OH is 1. The molecule has 1 fully saturated rings. The predicted octanol–water partition coefficient (Wildman–Crippen LogP) is 1.74. The molecule has 100 valence electrons. The van der Waals surface area contributed by atoms with Crippen LogP contribution in [0.4, 0.5) is 5.82 Å². The molecule has 0 aliphatic carbocycles. The number of nitrogens with one attached hydrogen (secondary N) is 1. The quantitative estimate of drug-likeness (QED) is 0.862. The molecule has 1 aliphatic heterocycles. The summed E-state index contributed by atoms with van der Waals surface area (Å²) >= 11 is 0. The number of hydrogen-bond acceptors (Lipinski definition) is 3. The fourth-order valence-corrected chi connectivity index (χ4v) is 2.77. The molecular weight excluding hydrogens is 240 g/mol. The molecule has 2 aromatic rings. The Morgan fingerprint density at radius 2 is 2.21 bits per heavy atom. The molecule has 19 heavy (non-hydrogen) atoms. The highest BCUT2D eigenvalue weighted by atomic mass is 16.3. The molecule has 0 radical (unpaired) electrons. The third-order valence-corrected chi connectivity index (χ3v) is 3.99. The number of nitrogens with zero attached hydrogens (tertiary/aromatic N) is 1. The number of aliphatic hydroxyl groups is 1. The van der Waals surface area contributed by atoms with E-state index in [0.29, 0.717) is 0 Å². The van der Waals surface area contributed by atoms with Gasteiger partial charge >= 0.3 is 0 Å². The van der Waals surface area contributed by atoms with E-state index in [0.717, 1.165) is 36.1 Å². The minimum absolute atomic E-state index is 0.0476. The van der Waals surface area contributed by atoms with Crippen LogP contribution in [0.3, 0.4) is 0 Å². The number of hydrogen-bond donors (Lipinski definition) is 2. The first-order chi connectivity index (χ1) is 9.15. The van der Waals surface area contributed by atoms with E-state index < -0.39 is 0 Å². The maximum absolute atomic E-state index is 12.0. The van der Waals surface area contributed by atoms with E-state index in [9.17, 15) is 9.90 Å². The fraction of sp³-hybridized carbons (Fsp3) is 0.400. The van der Waals surface area contributed by atoms with Crippen LogP contribution in [0.2, 0.25) is 0 Å². The van der Waals surface area contributed by atoms with Gasteiger partial charge in [0.2, 0.25) is 0 Å². The van der Waals surface area contributed by atoms with Gasteiger partial charge in [-0.25, -0.2) is 0 Å². The second kappa shape index (κ2) is 4.70. The summed E-state index contributed by atoms with van der Waals surface area (Å²) in [4.78, 5) is 17.1. The normalized spacial score (nSPS) is 20.9. The molecule has 1 saturated heterocycles. The maximum atomic E-state index is 12.0. The monoisotopic (exact) mass is 258 g/mol. The van der Waals surface area contributed by atoms with Crippen molar-refractivity contribution in [2.45, 2.75) is 19.4 Å². The van der Waals surface area contributed by atoms with Gasteiger partial charge in [-0.15, -0.1) is 0 Å². The Morgan fingerprint density at radius 1 is 1.42 bits per heavy atom. The molecule has 2 unspecified atom stereocenters. The van der Waals surface area contributed by atoms with Gasteiger partial charge in [0.1, 0.15) is 5.82 Å². The molecule has 4 nitrogen and oxygen atoms in total. The number of aromatic amines is 1. The molecule has 2 heterocycles. The summed E-state index contributed by atoms with van der Waals surface area (Å²) < 4.78 is 0. The van der Waals surface area contributed by atoms with Crippen molar-refractivity contribution in [3.05, 3.63) is 40.7 Å². The minimum atomic E-state index is -0.294. The summed E-state index contributed by atoms with van der Waals surface area (Å²) in [5, 5.41) is 11.3. The van der Waals surface area contributed by atoms with Crippen LogP contribution < -0.4 is 10.5 Å². The number of H-pyrrole nitrogens is 1. The maximum Gasteiger partial charge on any atom is 0.257 e. The van der Waals surface area contributed by atoms with Gasteiger partial charge in [-0.05, 0) is 30.9 Å². The largest absolute Gasteiger partial charge is 0.393 e. The van der Waals surface area contributed by atoms with E-state index in [1.807, 2.05) is 37.3 Å². The number of benzene rings is 1. The van der Waals surface area contributed by atoms with Crippen molar-refractivity contribution in [2.24, 2.45) is 5.92 Å². The number of rotatable bonds is 2. The minimum Gasteiger partial charge on any atom is -0.393 e. The lowest BCUT2D eigenvalue weighted by atomic mass is 10.0. The average Bonchev–Trinajstić information content (AvgIpc) is 2.88. The summed E-state index contributed by atoms with van der Waals surface area (Å²) in [6.07, 6.45) is 0.671. The van der Waals surface area contributed by atoms with Crippen molar-refractivity contribution in [3.63, 3.8) is 0 Å². The van der Waals surface area contributed by atoms with Crippen molar-refractivity contribution in [1.82, 2.24) is 4.98 Å². The van der Waals surface area contributed by atoms with E-state index in [-0.39, 0.29) is 17.6 Å². The Labute approximate surface area is 111 Å². The number of fused-ring (bicyclic) bond motifs is 1. The first-order valence-corrected chi connectivity index (χ1v) is 6.70. The van der Waals surface area contributed by atoms with E-state index in [1.165, 1.54) is 0 Å². The molecule has 0 spiro atoms. The Hall–Kier alpha value is -1.81. The summed E-state index contributed by atoms with van der Waals surface area (Å²) in [5.74, 6) is 1.14. The topological polar surface area (TPSA) is 56.3 Å². The molecule has 2 N–H and O–H groups in total. The molecule has 1 aliphatic rings. The van der Waals surface area contributed by atoms with Gasteiger partial charge in [0.25, 0.3) is 5.56 Å². The smallest absolute Gasteiger partial charge is 0.257 e. The number of aromatic nitrogens is 1. The third-order valence-electron chi connectivity index (χ3n) is 3.99. The van der Waals surface area contributed by atoms with Gasteiger partial charge < -0.3 is 15.0 Å². The summed E-state index contributed by atoms with van der Waals surface area (Å²) in [5.41, 5.74) is -0.0476. The molecule has 0 bridgehead atoms. The zero-order chi connectivity index (χ0) is 13.4. The summed E-state index contributed by atoms with van der Waals surface area (Å²) in [6.45, 7) is 3.51. The molecule has 0 saturated carbocycles. The van der Waals surface area contributed by atoms with Gasteiger partial charge in [0, 0.05) is 24.4 Å². The molecule has 1 aromatic carbocycles. The van der Waals surface area contributed by atoms with Crippen molar-refractivity contribution in [3.8, 4) is 0 Å². The highest BCUT2D eigenvalue weighted by molar-refractivity contribution is 5.83.